The van der Waals surface area contributed by atoms with Crippen LogP contribution in [0.5, 0.6) is 0 Å². The van der Waals surface area contributed by atoms with E-state index in [1.165, 1.54) is 25.2 Å². The van der Waals surface area contributed by atoms with Crippen LogP contribution in [-0.4, -0.2) is 72.8 Å². The molecule has 0 bridgehead atoms. The van der Waals surface area contributed by atoms with Gasteiger partial charge in [-0.05, 0) is 37.2 Å². The molecule has 0 aromatic heterocycles. The smallest absolute Gasteiger partial charge is 0.331 e. The highest BCUT2D eigenvalue weighted by Crippen LogP contribution is 2.61. The van der Waals surface area contributed by atoms with Gasteiger partial charge in [-0.25, -0.2) is 9.59 Å². The van der Waals surface area contributed by atoms with Gasteiger partial charge in [0.1, 0.15) is 18.2 Å². The summed E-state index contributed by atoms with van der Waals surface area (Å²) in [7, 11) is 2.49. The first-order chi connectivity index (χ1) is 18.4. The number of ether oxygens (including phenoxy) is 3. The van der Waals surface area contributed by atoms with Gasteiger partial charge in [0, 0.05) is 35.9 Å². The number of aliphatic hydroxyl groups is 1. The molecular formula is C30H41NO8. The summed E-state index contributed by atoms with van der Waals surface area (Å²) in [5.74, 6) is -2.42. The fraction of sp³-hybridized carbons (Fsp3) is 0.600. The first kappa shape index (κ1) is 30.3. The minimum Gasteiger partial charge on any atom is -0.469 e. The third kappa shape index (κ3) is 6.03. The van der Waals surface area contributed by atoms with Crippen LogP contribution < -0.4 is 0 Å². The van der Waals surface area contributed by atoms with E-state index in [0.717, 1.165) is 12.8 Å². The minimum absolute atomic E-state index is 0.0189. The highest BCUT2D eigenvalue weighted by atomic mass is 16.6. The van der Waals surface area contributed by atoms with Crippen molar-refractivity contribution < 1.29 is 38.5 Å². The van der Waals surface area contributed by atoms with Gasteiger partial charge in [-0.15, -0.1) is 0 Å². The van der Waals surface area contributed by atoms with Gasteiger partial charge >= 0.3 is 17.9 Å². The number of esters is 3. The standard InChI is InChI=1S/C30H41NO8/c1-7-8-9-10-11-13-22(33)39-25-24(34)19-18-31(20(28(36)38-6)14-15-21(32)37-5)27(35)23(19)30(4)17-12-16-29(2,3)26(25)30/h7-11,13,20,24-26,34H,12,14-18H2,1-6H3/b8-7+,10-9+,13-11+/t20?,24-,25+,26-,30+/m0/s1. The third-order valence-corrected chi connectivity index (χ3v) is 8.46. The van der Waals surface area contributed by atoms with Crippen LogP contribution in [0.15, 0.2) is 47.6 Å². The van der Waals surface area contributed by atoms with Crippen molar-refractivity contribution in [3.05, 3.63) is 47.6 Å². The van der Waals surface area contributed by atoms with Gasteiger partial charge in [0.15, 0.2) is 0 Å². The molecule has 3 aliphatic rings. The van der Waals surface area contributed by atoms with Gasteiger partial charge in [0.2, 0.25) is 0 Å². The Bertz CT molecular complexity index is 1100. The first-order valence-corrected chi connectivity index (χ1v) is 13.5. The summed E-state index contributed by atoms with van der Waals surface area (Å²) in [6.45, 7) is 8.03. The molecule has 5 atom stereocenters. The van der Waals surface area contributed by atoms with E-state index in [2.05, 4.69) is 13.8 Å². The molecule has 1 fully saturated rings. The molecule has 0 aromatic rings. The van der Waals surface area contributed by atoms with E-state index in [-0.39, 0.29) is 36.6 Å². The summed E-state index contributed by atoms with van der Waals surface area (Å²) < 4.78 is 15.6. The molecule has 9 heteroatoms. The number of hydrogen-bond acceptors (Lipinski definition) is 8. The number of allylic oxidation sites excluding steroid dienone is 5. The van der Waals surface area contributed by atoms with Crippen LogP contribution in [-0.2, 0) is 33.4 Å². The van der Waals surface area contributed by atoms with Crippen molar-refractivity contribution in [1.29, 1.82) is 0 Å². The van der Waals surface area contributed by atoms with E-state index in [1.54, 1.807) is 18.2 Å². The molecular weight excluding hydrogens is 502 g/mol. The number of hydrogen-bond donors (Lipinski definition) is 1. The van der Waals surface area contributed by atoms with Crippen molar-refractivity contribution in [3.8, 4) is 0 Å². The van der Waals surface area contributed by atoms with Gasteiger partial charge in [-0.1, -0.05) is 57.6 Å². The van der Waals surface area contributed by atoms with Crippen LogP contribution in [0.2, 0.25) is 0 Å². The van der Waals surface area contributed by atoms with Crippen LogP contribution in [0, 0.1) is 16.7 Å². The molecule has 39 heavy (non-hydrogen) atoms. The molecule has 2 aliphatic carbocycles. The molecule has 1 saturated carbocycles. The maximum absolute atomic E-state index is 14.0. The second-order valence-electron chi connectivity index (χ2n) is 11.3. The Morgan fingerprint density at radius 3 is 2.41 bits per heavy atom. The number of methoxy groups -OCH3 is 2. The van der Waals surface area contributed by atoms with Crippen molar-refractivity contribution in [2.45, 2.75) is 78.0 Å². The van der Waals surface area contributed by atoms with Crippen molar-refractivity contribution >= 4 is 23.8 Å². The largest absolute Gasteiger partial charge is 0.469 e. The van der Waals surface area contributed by atoms with Crippen molar-refractivity contribution in [3.63, 3.8) is 0 Å². The molecule has 0 saturated heterocycles. The minimum atomic E-state index is -1.22. The molecule has 214 valence electrons. The molecule has 1 N–H and O–H groups in total. The predicted molar refractivity (Wildman–Crippen MR) is 144 cm³/mol. The third-order valence-electron chi connectivity index (χ3n) is 8.46. The van der Waals surface area contributed by atoms with Crippen molar-refractivity contribution in [2.24, 2.45) is 16.7 Å². The normalized spacial score (nSPS) is 29.1. The highest BCUT2D eigenvalue weighted by Gasteiger charge is 2.62. The van der Waals surface area contributed by atoms with Crippen LogP contribution in [0.3, 0.4) is 0 Å². The Kier molecular flexibility index (Phi) is 9.59. The highest BCUT2D eigenvalue weighted by molar-refractivity contribution is 6.01. The maximum atomic E-state index is 14.0. The van der Waals surface area contributed by atoms with Crippen LogP contribution in [0.1, 0.15) is 59.8 Å². The summed E-state index contributed by atoms with van der Waals surface area (Å²) >= 11 is 0. The molecule has 1 amide bonds. The zero-order valence-electron chi connectivity index (χ0n) is 23.8. The van der Waals surface area contributed by atoms with Gasteiger partial charge < -0.3 is 24.2 Å². The zero-order valence-corrected chi connectivity index (χ0v) is 23.8. The van der Waals surface area contributed by atoms with Crippen LogP contribution in [0.25, 0.3) is 0 Å². The molecule has 1 aliphatic heterocycles. The summed E-state index contributed by atoms with van der Waals surface area (Å²) in [5.41, 5.74) is -0.0889. The molecule has 0 spiro atoms. The van der Waals surface area contributed by atoms with Gasteiger partial charge in [-0.3, -0.25) is 9.59 Å². The van der Waals surface area contributed by atoms with E-state index in [4.69, 9.17) is 14.2 Å². The zero-order chi connectivity index (χ0) is 29.0. The monoisotopic (exact) mass is 543 g/mol. The molecule has 9 nitrogen and oxygen atoms in total. The van der Waals surface area contributed by atoms with Crippen molar-refractivity contribution in [2.75, 3.05) is 20.8 Å². The Balaban J connectivity index is 1.98. The summed E-state index contributed by atoms with van der Waals surface area (Å²) in [6.07, 6.45) is 10.3. The lowest BCUT2D eigenvalue weighted by Crippen LogP contribution is -2.58. The Morgan fingerprint density at radius 1 is 1.08 bits per heavy atom. The summed E-state index contributed by atoms with van der Waals surface area (Å²) in [6, 6.07) is -1.02. The van der Waals surface area contributed by atoms with Crippen LogP contribution >= 0.6 is 0 Å². The SMILES string of the molecule is C/C=C/C=C/C=C/C(=O)O[C@@H]1[C@@H](O)C2=C(C(=O)N(C(CCC(=O)OC)C(=O)OC)C2)[C@@]2(C)CCCC(C)(C)[C@H]12. The second kappa shape index (κ2) is 12.3. The number of aliphatic hydroxyl groups excluding tert-OH is 1. The van der Waals surface area contributed by atoms with Gasteiger partial charge in [0.05, 0.1) is 14.2 Å². The fourth-order valence-corrected chi connectivity index (χ4v) is 6.85. The maximum Gasteiger partial charge on any atom is 0.331 e. The molecule has 3 rings (SSSR count). The predicted octanol–water partition coefficient (Wildman–Crippen LogP) is 3.43. The lowest BCUT2D eigenvalue weighted by atomic mass is 9.49. The van der Waals surface area contributed by atoms with Gasteiger partial charge in [-0.2, -0.15) is 0 Å². The summed E-state index contributed by atoms with van der Waals surface area (Å²) in [5, 5.41) is 11.6. The topological polar surface area (TPSA) is 119 Å². The average molecular weight is 544 g/mol. The quantitative estimate of drug-likeness (QED) is 0.203. The average Bonchev–Trinajstić information content (AvgIpc) is 3.24. The Hall–Kier alpha value is -3.20. The van der Waals surface area contributed by atoms with Crippen molar-refractivity contribution in [1.82, 2.24) is 4.90 Å². The van der Waals surface area contributed by atoms with E-state index < -0.39 is 41.6 Å². The number of nitrogens with zero attached hydrogens (tertiary/aromatic N) is 1. The molecule has 0 radical (unpaired) electrons. The molecule has 0 aromatic carbocycles. The number of rotatable bonds is 9. The molecule has 1 heterocycles. The van der Waals surface area contributed by atoms with E-state index in [0.29, 0.717) is 17.6 Å². The van der Waals surface area contributed by atoms with E-state index in [1.807, 2.05) is 26.0 Å². The number of fused-ring (bicyclic) bond motifs is 2. The lowest BCUT2D eigenvalue weighted by Gasteiger charge is -2.57. The summed E-state index contributed by atoms with van der Waals surface area (Å²) in [4.78, 5) is 52.8. The Labute approximate surface area is 230 Å². The fourth-order valence-electron chi connectivity index (χ4n) is 6.85. The van der Waals surface area contributed by atoms with Gasteiger partial charge in [0.25, 0.3) is 5.91 Å². The molecule has 1 unspecified atom stereocenters. The lowest BCUT2D eigenvalue weighted by molar-refractivity contribution is -0.170. The van der Waals surface area contributed by atoms with E-state index in [9.17, 15) is 24.3 Å². The first-order valence-electron chi connectivity index (χ1n) is 13.5. The second-order valence-corrected chi connectivity index (χ2v) is 11.3. The number of carbonyl (C=O) groups excluding carboxylic acids is 4. The number of amides is 1. The Morgan fingerprint density at radius 2 is 1.77 bits per heavy atom. The number of carbonyl (C=O) groups is 4. The van der Waals surface area contributed by atoms with E-state index >= 15 is 0 Å². The van der Waals surface area contributed by atoms with Crippen LogP contribution in [0.4, 0.5) is 0 Å².